The molecule has 0 saturated carbocycles. The molecule has 0 amide bonds. The third kappa shape index (κ3) is 4.32. The molecule has 1 aliphatic carbocycles. The lowest BCUT2D eigenvalue weighted by atomic mass is 9.83. The summed E-state index contributed by atoms with van der Waals surface area (Å²) in [6.45, 7) is 0.619. The van der Waals surface area contributed by atoms with Crippen molar-refractivity contribution in [2.24, 2.45) is 0 Å². The van der Waals surface area contributed by atoms with Gasteiger partial charge in [-0.2, -0.15) is 0 Å². The van der Waals surface area contributed by atoms with Gasteiger partial charge in [0.1, 0.15) is 0 Å². The molecule has 0 fully saturated rings. The first-order chi connectivity index (χ1) is 15.0. The van der Waals surface area contributed by atoms with E-state index in [9.17, 15) is 13.2 Å². The molecule has 2 aromatic carbocycles. The Balaban J connectivity index is 1.57. The number of hydrogen-bond acceptors (Lipinski definition) is 6. The van der Waals surface area contributed by atoms with Crippen LogP contribution < -0.4 is 5.32 Å². The topological polar surface area (TPSA) is 85.4 Å². The molecule has 6 nitrogen and oxygen atoms in total. The predicted octanol–water partition coefficient (Wildman–Crippen LogP) is 4.23. The van der Waals surface area contributed by atoms with Crippen LogP contribution in [0.4, 0.5) is 5.69 Å². The molecule has 0 saturated heterocycles. The van der Waals surface area contributed by atoms with E-state index < -0.39 is 15.8 Å². The first kappa shape index (κ1) is 21.1. The standard InChI is InChI=1S/C24H24N2O4S/c1-30-24(27)22-12-13-25-16-23(22)26-15-18-7-5-6-17-14-20(10-11-21(17)18)31(28,29)19-8-3-2-4-9-19/h2-4,8-14,16,18,26H,5-7,15H2,1H3/t18-/m1/s1. The number of methoxy groups -OCH3 is 1. The number of anilines is 1. The van der Waals surface area contributed by atoms with Crippen LogP contribution in [0.25, 0.3) is 0 Å². The van der Waals surface area contributed by atoms with Crippen molar-refractivity contribution in [3.8, 4) is 0 Å². The quantitative estimate of drug-likeness (QED) is 0.582. The largest absolute Gasteiger partial charge is 0.465 e. The number of carbonyl (C=O) groups is 1. The number of nitrogens with zero attached hydrogens (tertiary/aromatic N) is 1. The van der Waals surface area contributed by atoms with Gasteiger partial charge in [0.05, 0.1) is 34.3 Å². The Morgan fingerprint density at radius 1 is 1.13 bits per heavy atom. The number of aryl methyl sites for hydroxylation is 1. The van der Waals surface area contributed by atoms with E-state index in [4.69, 9.17) is 4.74 Å². The second-order valence-electron chi connectivity index (χ2n) is 7.56. The highest BCUT2D eigenvalue weighted by Crippen LogP contribution is 2.34. The summed E-state index contributed by atoms with van der Waals surface area (Å²) in [4.78, 5) is 16.7. The van der Waals surface area contributed by atoms with Crippen molar-refractivity contribution >= 4 is 21.5 Å². The van der Waals surface area contributed by atoms with Crippen LogP contribution in [0.2, 0.25) is 0 Å². The maximum Gasteiger partial charge on any atom is 0.340 e. The Kier molecular flexibility index (Phi) is 6.04. The molecule has 0 unspecified atom stereocenters. The first-order valence-corrected chi connectivity index (χ1v) is 11.7. The van der Waals surface area contributed by atoms with E-state index in [2.05, 4.69) is 10.3 Å². The third-order valence-electron chi connectivity index (χ3n) is 5.68. The predicted molar refractivity (Wildman–Crippen MR) is 118 cm³/mol. The number of aromatic nitrogens is 1. The molecule has 0 radical (unpaired) electrons. The number of esters is 1. The number of carbonyl (C=O) groups excluding carboxylic acids is 1. The van der Waals surface area contributed by atoms with Gasteiger partial charge in [-0.25, -0.2) is 13.2 Å². The van der Waals surface area contributed by atoms with Crippen LogP contribution in [0, 0.1) is 0 Å². The van der Waals surface area contributed by atoms with Crippen molar-refractivity contribution < 1.29 is 17.9 Å². The summed E-state index contributed by atoms with van der Waals surface area (Å²) in [7, 11) is -2.19. The molecular formula is C24H24N2O4S. The molecule has 31 heavy (non-hydrogen) atoms. The minimum Gasteiger partial charge on any atom is -0.465 e. The molecule has 160 valence electrons. The Hall–Kier alpha value is -3.19. The lowest BCUT2D eigenvalue weighted by Crippen LogP contribution is -2.20. The van der Waals surface area contributed by atoms with Gasteiger partial charge in [-0.3, -0.25) is 4.98 Å². The van der Waals surface area contributed by atoms with Crippen molar-refractivity contribution in [1.82, 2.24) is 4.98 Å². The smallest absolute Gasteiger partial charge is 0.340 e. The highest BCUT2D eigenvalue weighted by Gasteiger charge is 2.24. The number of pyridine rings is 1. The maximum absolute atomic E-state index is 13.0. The average Bonchev–Trinajstić information content (AvgIpc) is 2.82. The number of fused-ring (bicyclic) bond motifs is 1. The average molecular weight is 437 g/mol. The maximum atomic E-state index is 13.0. The summed E-state index contributed by atoms with van der Waals surface area (Å²) in [6, 6.07) is 15.6. The van der Waals surface area contributed by atoms with Crippen LogP contribution in [0.3, 0.4) is 0 Å². The summed E-state index contributed by atoms with van der Waals surface area (Å²) in [5.41, 5.74) is 3.28. The van der Waals surface area contributed by atoms with Crippen molar-refractivity contribution in [1.29, 1.82) is 0 Å². The molecule has 0 bridgehead atoms. The monoisotopic (exact) mass is 436 g/mol. The fourth-order valence-electron chi connectivity index (χ4n) is 4.06. The number of ether oxygens (including phenoxy) is 1. The molecule has 0 aliphatic heterocycles. The second-order valence-corrected chi connectivity index (χ2v) is 9.51. The fraction of sp³-hybridized carbons (Fsp3) is 0.250. The van der Waals surface area contributed by atoms with Gasteiger partial charge in [-0.15, -0.1) is 0 Å². The van der Waals surface area contributed by atoms with Gasteiger partial charge in [0, 0.05) is 18.7 Å². The van der Waals surface area contributed by atoms with Crippen LogP contribution in [0.15, 0.2) is 76.8 Å². The second kappa shape index (κ2) is 8.89. The summed E-state index contributed by atoms with van der Waals surface area (Å²) < 4.78 is 30.8. The van der Waals surface area contributed by atoms with Gasteiger partial charge in [0.2, 0.25) is 9.84 Å². The molecule has 3 aromatic rings. The van der Waals surface area contributed by atoms with Crippen molar-refractivity contribution in [2.45, 2.75) is 35.0 Å². The number of rotatable bonds is 6. The van der Waals surface area contributed by atoms with E-state index in [1.807, 2.05) is 12.1 Å². The van der Waals surface area contributed by atoms with E-state index in [1.165, 1.54) is 7.11 Å². The zero-order valence-electron chi connectivity index (χ0n) is 17.2. The van der Waals surface area contributed by atoms with Gasteiger partial charge in [0.15, 0.2) is 0 Å². The lowest BCUT2D eigenvalue weighted by molar-refractivity contribution is 0.0601. The lowest BCUT2D eigenvalue weighted by Gasteiger charge is -2.27. The van der Waals surface area contributed by atoms with Crippen molar-refractivity contribution in [2.75, 3.05) is 19.0 Å². The molecule has 7 heteroatoms. The van der Waals surface area contributed by atoms with Crippen molar-refractivity contribution in [3.05, 3.63) is 83.7 Å². The van der Waals surface area contributed by atoms with Gasteiger partial charge < -0.3 is 10.1 Å². The summed E-state index contributed by atoms with van der Waals surface area (Å²) in [6.07, 6.45) is 5.99. The highest BCUT2D eigenvalue weighted by molar-refractivity contribution is 7.91. The first-order valence-electron chi connectivity index (χ1n) is 10.2. The van der Waals surface area contributed by atoms with Gasteiger partial charge in [0.25, 0.3) is 0 Å². The van der Waals surface area contributed by atoms with E-state index in [1.54, 1.807) is 54.9 Å². The van der Waals surface area contributed by atoms with Crippen LogP contribution in [-0.4, -0.2) is 33.0 Å². The zero-order chi connectivity index (χ0) is 21.8. The Morgan fingerprint density at radius 2 is 1.94 bits per heavy atom. The van der Waals surface area contributed by atoms with E-state index in [-0.39, 0.29) is 5.92 Å². The molecule has 1 N–H and O–H groups in total. The number of sulfone groups is 1. The highest BCUT2D eigenvalue weighted by atomic mass is 32.2. The number of nitrogens with one attached hydrogen (secondary N) is 1. The molecule has 4 rings (SSSR count). The third-order valence-corrected chi connectivity index (χ3v) is 7.45. The van der Waals surface area contributed by atoms with Gasteiger partial charge in [-0.1, -0.05) is 24.3 Å². The Morgan fingerprint density at radius 3 is 2.71 bits per heavy atom. The summed E-state index contributed by atoms with van der Waals surface area (Å²) >= 11 is 0. The Bertz CT molecular complexity index is 1190. The van der Waals surface area contributed by atoms with Crippen LogP contribution >= 0.6 is 0 Å². The van der Waals surface area contributed by atoms with Crippen LogP contribution in [0.1, 0.15) is 40.2 Å². The summed E-state index contributed by atoms with van der Waals surface area (Å²) in [5, 5.41) is 3.33. The van der Waals surface area contributed by atoms with Crippen LogP contribution in [0.5, 0.6) is 0 Å². The molecule has 1 aliphatic rings. The number of benzene rings is 2. The molecule has 1 heterocycles. The molecular weight excluding hydrogens is 412 g/mol. The van der Waals surface area contributed by atoms with E-state index in [0.29, 0.717) is 27.6 Å². The molecule has 0 spiro atoms. The normalized spacial score (nSPS) is 15.7. The zero-order valence-corrected chi connectivity index (χ0v) is 18.1. The molecule has 1 aromatic heterocycles. The fourth-order valence-corrected chi connectivity index (χ4v) is 5.39. The minimum absolute atomic E-state index is 0.211. The van der Waals surface area contributed by atoms with Gasteiger partial charge in [-0.05, 0) is 60.7 Å². The van der Waals surface area contributed by atoms with E-state index in [0.717, 1.165) is 30.4 Å². The summed E-state index contributed by atoms with van der Waals surface area (Å²) in [5.74, 6) is -0.201. The SMILES string of the molecule is COC(=O)c1ccncc1NC[C@H]1CCCc2cc(S(=O)(=O)c3ccccc3)ccc21. The Labute approximate surface area is 182 Å². The number of hydrogen-bond donors (Lipinski definition) is 1. The minimum atomic E-state index is -3.54. The van der Waals surface area contributed by atoms with E-state index >= 15 is 0 Å². The van der Waals surface area contributed by atoms with Crippen LogP contribution in [-0.2, 0) is 21.0 Å². The van der Waals surface area contributed by atoms with Gasteiger partial charge >= 0.3 is 5.97 Å². The molecule has 1 atom stereocenters. The van der Waals surface area contributed by atoms with Crippen molar-refractivity contribution in [3.63, 3.8) is 0 Å².